The number of thiophene rings is 1. The van der Waals surface area contributed by atoms with Crippen LogP contribution in [0.4, 0.5) is 0 Å². The van der Waals surface area contributed by atoms with Gasteiger partial charge in [-0.3, -0.25) is 14.5 Å². The fraction of sp³-hybridized carbons (Fsp3) is 0.652. The number of amides is 2. The average molecular weight is 401 g/mol. The minimum Gasteiger partial charge on any atom is -0.366 e. The molecule has 0 radical (unpaired) electrons. The maximum Gasteiger partial charge on any atom is 0.278 e. The van der Waals surface area contributed by atoms with Crippen molar-refractivity contribution in [2.24, 2.45) is 11.8 Å². The first kappa shape index (κ1) is 19.7. The Hall–Kier alpha value is -1.62. The van der Waals surface area contributed by atoms with Gasteiger partial charge in [-0.15, -0.1) is 11.3 Å². The van der Waals surface area contributed by atoms with Gasteiger partial charge in [-0.1, -0.05) is 52.0 Å². The normalized spacial score (nSPS) is 28.1. The van der Waals surface area contributed by atoms with Crippen LogP contribution >= 0.6 is 11.3 Å². The monoisotopic (exact) mass is 400 g/mol. The Morgan fingerprint density at radius 1 is 0.929 bits per heavy atom. The maximum absolute atomic E-state index is 13.6. The zero-order valence-corrected chi connectivity index (χ0v) is 18.0. The van der Waals surface area contributed by atoms with Crippen LogP contribution in [-0.4, -0.2) is 40.7 Å². The lowest BCUT2D eigenvalue weighted by atomic mass is 9.91. The topological polar surface area (TPSA) is 40.6 Å². The highest BCUT2D eigenvalue weighted by molar-refractivity contribution is 7.11. The predicted octanol–water partition coefficient (Wildman–Crippen LogP) is 4.92. The first-order valence-electron chi connectivity index (χ1n) is 11.0. The largest absolute Gasteiger partial charge is 0.366 e. The molecule has 4 nitrogen and oxygen atoms in total. The number of imide groups is 1. The van der Waals surface area contributed by atoms with E-state index < -0.39 is 0 Å². The molecule has 2 fully saturated rings. The Kier molecular flexibility index (Phi) is 5.91. The fourth-order valence-electron chi connectivity index (χ4n) is 5.34. The lowest BCUT2D eigenvalue weighted by Gasteiger charge is -2.37. The Balaban J connectivity index is 1.69. The molecule has 1 saturated carbocycles. The molecule has 5 heteroatoms. The third kappa shape index (κ3) is 3.78. The maximum atomic E-state index is 13.6. The first-order chi connectivity index (χ1) is 13.6. The molecule has 0 aromatic carbocycles. The van der Waals surface area contributed by atoms with Crippen molar-refractivity contribution in [3.8, 4) is 0 Å². The molecule has 3 aliphatic rings. The summed E-state index contributed by atoms with van der Waals surface area (Å²) in [4.78, 5) is 32.0. The molecular formula is C23H32N2O2S. The number of carbonyl (C=O) groups is 2. The quantitative estimate of drug-likeness (QED) is 0.676. The second-order valence-electron chi connectivity index (χ2n) is 9.03. The van der Waals surface area contributed by atoms with Crippen molar-refractivity contribution in [3.63, 3.8) is 0 Å². The summed E-state index contributed by atoms with van der Waals surface area (Å²) in [6, 6.07) is 4.03. The summed E-state index contributed by atoms with van der Waals surface area (Å²) in [5.41, 5.74) is 1.33. The van der Waals surface area contributed by atoms with Crippen LogP contribution < -0.4 is 0 Å². The molecule has 28 heavy (non-hydrogen) atoms. The minimum absolute atomic E-state index is 0.0414. The van der Waals surface area contributed by atoms with Crippen LogP contribution in [0, 0.1) is 11.8 Å². The van der Waals surface area contributed by atoms with E-state index in [1.54, 1.807) is 16.2 Å². The van der Waals surface area contributed by atoms with E-state index in [0.717, 1.165) is 43.6 Å². The lowest BCUT2D eigenvalue weighted by Crippen LogP contribution is -2.45. The molecule has 2 aliphatic heterocycles. The molecule has 2 unspecified atom stereocenters. The summed E-state index contributed by atoms with van der Waals surface area (Å²) in [6.45, 7) is 6.24. The van der Waals surface area contributed by atoms with Gasteiger partial charge < -0.3 is 4.90 Å². The zero-order chi connectivity index (χ0) is 19.7. The van der Waals surface area contributed by atoms with Gasteiger partial charge in [-0.05, 0) is 42.5 Å². The standard InChI is InChI=1S/C23H32N2O2S/c1-16-13-17(2)15-24(14-16)21-20(19-11-8-12-28-19)22(26)25(23(21)27)18-9-6-4-3-5-7-10-18/h8,11-12,16-18H,3-7,9-10,13-15H2,1-2H3. The molecule has 2 amide bonds. The van der Waals surface area contributed by atoms with Gasteiger partial charge >= 0.3 is 0 Å². The molecule has 1 saturated heterocycles. The fourth-order valence-corrected chi connectivity index (χ4v) is 6.10. The van der Waals surface area contributed by atoms with Crippen molar-refractivity contribution in [1.29, 1.82) is 0 Å². The van der Waals surface area contributed by atoms with Gasteiger partial charge in [0.25, 0.3) is 11.8 Å². The van der Waals surface area contributed by atoms with Gasteiger partial charge in [0, 0.05) is 24.0 Å². The van der Waals surface area contributed by atoms with E-state index >= 15 is 0 Å². The van der Waals surface area contributed by atoms with Crippen LogP contribution in [0.1, 0.15) is 70.1 Å². The van der Waals surface area contributed by atoms with E-state index in [9.17, 15) is 9.59 Å². The molecular weight excluding hydrogens is 368 g/mol. The molecule has 0 spiro atoms. The molecule has 3 heterocycles. The van der Waals surface area contributed by atoms with Gasteiger partial charge in [0.1, 0.15) is 5.70 Å². The van der Waals surface area contributed by atoms with Crippen LogP contribution in [-0.2, 0) is 9.59 Å². The summed E-state index contributed by atoms with van der Waals surface area (Å²) in [5.74, 6) is 0.984. The number of rotatable bonds is 3. The van der Waals surface area contributed by atoms with Gasteiger partial charge in [0.15, 0.2) is 0 Å². The summed E-state index contributed by atoms with van der Waals surface area (Å²) < 4.78 is 0. The number of likely N-dealkylation sites (tertiary alicyclic amines) is 1. The predicted molar refractivity (Wildman–Crippen MR) is 114 cm³/mol. The van der Waals surface area contributed by atoms with E-state index in [-0.39, 0.29) is 17.9 Å². The van der Waals surface area contributed by atoms with Gasteiger partial charge in [0.05, 0.1) is 5.57 Å². The third-order valence-corrected chi connectivity index (χ3v) is 7.37. The summed E-state index contributed by atoms with van der Waals surface area (Å²) >= 11 is 1.57. The third-order valence-electron chi connectivity index (χ3n) is 6.48. The second-order valence-corrected chi connectivity index (χ2v) is 9.98. The molecule has 1 aliphatic carbocycles. The minimum atomic E-state index is -0.0566. The highest BCUT2D eigenvalue weighted by atomic mass is 32.1. The zero-order valence-electron chi connectivity index (χ0n) is 17.2. The van der Waals surface area contributed by atoms with Crippen molar-refractivity contribution >= 4 is 28.7 Å². The Morgan fingerprint density at radius 3 is 2.18 bits per heavy atom. The van der Waals surface area contributed by atoms with Crippen LogP contribution in [0.2, 0.25) is 0 Å². The molecule has 0 N–H and O–H groups in total. The highest BCUT2D eigenvalue weighted by Crippen LogP contribution is 2.39. The van der Waals surface area contributed by atoms with E-state index in [0.29, 0.717) is 23.1 Å². The molecule has 4 rings (SSSR count). The van der Waals surface area contributed by atoms with Crippen molar-refractivity contribution in [2.45, 2.75) is 71.3 Å². The van der Waals surface area contributed by atoms with Crippen LogP contribution in [0.3, 0.4) is 0 Å². The second kappa shape index (κ2) is 8.40. The smallest absolute Gasteiger partial charge is 0.278 e. The number of hydrogen-bond donors (Lipinski definition) is 0. The average Bonchev–Trinajstić information content (AvgIpc) is 3.21. The molecule has 2 atom stereocenters. The van der Waals surface area contributed by atoms with Crippen LogP contribution in [0.25, 0.3) is 5.57 Å². The van der Waals surface area contributed by atoms with Gasteiger partial charge in [-0.25, -0.2) is 0 Å². The molecule has 152 valence electrons. The van der Waals surface area contributed by atoms with Crippen LogP contribution in [0.5, 0.6) is 0 Å². The van der Waals surface area contributed by atoms with E-state index in [1.165, 1.54) is 25.7 Å². The Bertz CT molecular complexity index is 737. The first-order valence-corrected chi connectivity index (χ1v) is 11.8. The number of carbonyl (C=O) groups excluding carboxylic acids is 2. The van der Waals surface area contributed by atoms with E-state index in [4.69, 9.17) is 0 Å². The Labute approximate surface area is 172 Å². The van der Waals surface area contributed by atoms with Crippen molar-refractivity contribution < 1.29 is 9.59 Å². The number of hydrogen-bond acceptors (Lipinski definition) is 4. The van der Waals surface area contributed by atoms with Crippen molar-refractivity contribution in [2.75, 3.05) is 13.1 Å². The molecule has 1 aromatic heterocycles. The summed E-state index contributed by atoms with van der Waals surface area (Å²) in [7, 11) is 0. The lowest BCUT2D eigenvalue weighted by molar-refractivity contribution is -0.140. The summed E-state index contributed by atoms with van der Waals surface area (Å²) in [6.07, 6.45) is 9.03. The number of nitrogens with zero attached hydrogens (tertiary/aromatic N) is 2. The molecule has 0 bridgehead atoms. The van der Waals surface area contributed by atoms with Gasteiger partial charge in [-0.2, -0.15) is 0 Å². The van der Waals surface area contributed by atoms with Crippen molar-refractivity contribution in [3.05, 3.63) is 28.1 Å². The summed E-state index contributed by atoms with van der Waals surface area (Å²) in [5, 5.41) is 2.00. The van der Waals surface area contributed by atoms with E-state index in [1.807, 2.05) is 17.5 Å². The molecule has 1 aromatic rings. The van der Waals surface area contributed by atoms with Gasteiger partial charge in [0.2, 0.25) is 0 Å². The number of piperidine rings is 1. The SMILES string of the molecule is CC1CC(C)CN(C2=C(c3cccs3)C(=O)N(C3CCCCCCC3)C2=O)C1. The van der Waals surface area contributed by atoms with Crippen molar-refractivity contribution in [1.82, 2.24) is 9.80 Å². The Morgan fingerprint density at radius 2 is 1.57 bits per heavy atom. The van der Waals surface area contributed by atoms with E-state index in [2.05, 4.69) is 18.7 Å². The highest BCUT2D eigenvalue weighted by Gasteiger charge is 2.45. The van der Waals surface area contributed by atoms with Crippen LogP contribution in [0.15, 0.2) is 23.2 Å².